The van der Waals surface area contributed by atoms with E-state index in [1.165, 1.54) is 51.5 Å². The van der Waals surface area contributed by atoms with Gasteiger partial charge in [0.2, 0.25) is 0 Å². The number of rotatable bonds is 12. The fourth-order valence-electron chi connectivity index (χ4n) is 2.13. The maximum atomic E-state index is 4.19. The van der Waals surface area contributed by atoms with Crippen LogP contribution in [-0.2, 0) is 6.54 Å². The van der Waals surface area contributed by atoms with Gasteiger partial charge in [-0.2, -0.15) is 5.10 Å². The first-order valence-corrected chi connectivity index (χ1v) is 7.61. The van der Waals surface area contributed by atoms with Gasteiger partial charge in [0.05, 0.1) is 0 Å². The van der Waals surface area contributed by atoms with E-state index >= 15 is 0 Å². The predicted molar refractivity (Wildman–Crippen MR) is 77.7 cm³/mol. The Morgan fingerprint density at radius 3 is 2.39 bits per heavy atom. The van der Waals surface area contributed by atoms with Crippen LogP contribution in [0.2, 0.25) is 0 Å². The second-order valence-corrected chi connectivity index (χ2v) is 4.99. The van der Waals surface area contributed by atoms with Gasteiger partial charge in [-0.1, -0.05) is 45.4 Å². The zero-order chi connectivity index (χ0) is 12.9. The molecule has 0 atom stereocenters. The topological polar surface area (TPSA) is 29.9 Å². The third-order valence-electron chi connectivity index (χ3n) is 3.26. The average molecular weight is 251 g/mol. The van der Waals surface area contributed by atoms with Crippen LogP contribution >= 0.6 is 0 Å². The van der Waals surface area contributed by atoms with Crippen LogP contribution in [0.5, 0.6) is 0 Å². The number of nitrogens with one attached hydrogen (secondary N) is 1. The van der Waals surface area contributed by atoms with Crippen molar-refractivity contribution >= 4 is 0 Å². The van der Waals surface area contributed by atoms with Crippen LogP contribution < -0.4 is 5.32 Å². The van der Waals surface area contributed by atoms with Gasteiger partial charge in [0, 0.05) is 18.9 Å². The third-order valence-corrected chi connectivity index (χ3v) is 3.26. The number of aromatic nitrogens is 2. The van der Waals surface area contributed by atoms with E-state index in [2.05, 4.69) is 17.3 Å². The highest BCUT2D eigenvalue weighted by atomic mass is 15.3. The third kappa shape index (κ3) is 8.29. The predicted octanol–water partition coefficient (Wildman–Crippen LogP) is 3.61. The molecular weight excluding hydrogens is 222 g/mol. The minimum Gasteiger partial charge on any atom is -0.317 e. The van der Waals surface area contributed by atoms with E-state index < -0.39 is 0 Å². The second kappa shape index (κ2) is 11.3. The van der Waals surface area contributed by atoms with Crippen LogP contribution in [0.1, 0.15) is 58.3 Å². The fourth-order valence-corrected chi connectivity index (χ4v) is 2.13. The Morgan fingerprint density at radius 1 is 0.944 bits per heavy atom. The summed E-state index contributed by atoms with van der Waals surface area (Å²) in [6.07, 6.45) is 14.8. The summed E-state index contributed by atoms with van der Waals surface area (Å²) >= 11 is 0. The molecule has 0 saturated heterocycles. The Labute approximate surface area is 112 Å². The number of hydrogen-bond acceptors (Lipinski definition) is 2. The molecule has 0 bridgehead atoms. The largest absolute Gasteiger partial charge is 0.317 e. The van der Waals surface area contributed by atoms with Crippen molar-refractivity contribution in [3.8, 4) is 0 Å². The van der Waals surface area contributed by atoms with E-state index in [9.17, 15) is 0 Å². The normalized spacial score (nSPS) is 10.9. The van der Waals surface area contributed by atoms with E-state index in [0.717, 1.165) is 19.5 Å². The Kier molecular flexibility index (Phi) is 9.54. The zero-order valence-electron chi connectivity index (χ0n) is 11.9. The van der Waals surface area contributed by atoms with Crippen LogP contribution in [0.25, 0.3) is 0 Å². The molecule has 1 heterocycles. The van der Waals surface area contributed by atoms with Crippen molar-refractivity contribution < 1.29 is 0 Å². The lowest BCUT2D eigenvalue weighted by molar-refractivity contribution is 0.523. The van der Waals surface area contributed by atoms with Gasteiger partial charge in [-0.15, -0.1) is 0 Å². The van der Waals surface area contributed by atoms with E-state index in [4.69, 9.17) is 0 Å². The molecule has 18 heavy (non-hydrogen) atoms. The van der Waals surface area contributed by atoms with Crippen LogP contribution in [0.15, 0.2) is 18.5 Å². The molecule has 1 N–H and O–H groups in total. The number of nitrogens with zero attached hydrogens (tertiary/aromatic N) is 2. The minimum absolute atomic E-state index is 1.02. The van der Waals surface area contributed by atoms with Crippen LogP contribution in [0.3, 0.4) is 0 Å². The van der Waals surface area contributed by atoms with Crippen LogP contribution in [0, 0.1) is 0 Å². The summed E-state index contributed by atoms with van der Waals surface area (Å²) < 4.78 is 2.00. The summed E-state index contributed by atoms with van der Waals surface area (Å²) in [5.74, 6) is 0. The average Bonchev–Trinajstić information content (AvgIpc) is 2.89. The molecule has 0 amide bonds. The van der Waals surface area contributed by atoms with E-state index in [1.807, 2.05) is 23.1 Å². The van der Waals surface area contributed by atoms with Crippen molar-refractivity contribution in [1.29, 1.82) is 0 Å². The molecule has 3 heteroatoms. The highest BCUT2D eigenvalue weighted by Gasteiger charge is 1.93. The van der Waals surface area contributed by atoms with Gasteiger partial charge in [-0.25, -0.2) is 0 Å². The lowest BCUT2D eigenvalue weighted by Crippen LogP contribution is -2.18. The van der Waals surface area contributed by atoms with Gasteiger partial charge < -0.3 is 5.32 Å². The molecule has 0 radical (unpaired) electrons. The summed E-state index contributed by atoms with van der Waals surface area (Å²) in [6, 6.07) is 1.98. The SMILES string of the molecule is CCCCCCCCCNCCCn1cccn1. The molecule has 3 nitrogen and oxygen atoms in total. The summed E-state index contributed by atoms with van der Waals surface area (Å²) in [4.78, 5) is 0. The summed E-state index contributed by atoms with van der Waals surface area (Å²) in [5.41, 5.74) is 0. The smallest absolute Gasteiger partial charge is 0.0489 e. The zero-order valence-corrected chi connectivity index (χ0v) is 11.9. The Hall–Kier alpha value is -0.830. The Balaban J connectivity index is 1.73. The van der Waals surface area contributed by atoms with E-state index in [0.29, 0.717) is 0 Å². The molecule has 0 fully saturated rings. The lowest BCUT2D eigenvalue weighted by Gasteiger charge is -2.05. The molecule has 104 valence electrons. The number of aryl methyl sites for hydroxylation is 1. The number of unbranched alkanes of at least 4 members (excludes halogenated alkanes) is 6. The van der Waals surface area contributed by atoms with Gasteiger partial charge in [-0.3, -0.25) is 4.68 Å². The van der Waals surface area contributed by atoms with Gasteiger partial charge in [0.1, 0.15) is 0 Å². The molecule has 0 aliphatic carbocycles. The first kappa shape index (κ1) is 15.2. The maximum absolute atomic E-state index is 4.19. The standard InChI is InChI=1S/C15H29N3/c1-2-3-4-5-6-7-8-11-16-12-9-14-18-15-10-13-17-18/h10,13,15-16H,2-9,11-12,14H2,1H3. The summed E-state index contributed by atoms with van der Waals surface area (Å²) in [7, 11) is 0. The molecule has 1 aromatic heterocycles. The highest BCUT2D eigenvalue weighted by Crippen LogP contribution is 2.06. The number of hydrogen-bond donors (Lipinski definition) is 1. The molecule has 0 spiro atoms. The lowest BCUT2D eigenvalue weighted by atomic mass is 10.1. The van der Waals surface area contributed by atoms with Crippen molar-refractivity contribution in [2.45, 2.75) is 64.8 Å². The Morgan fingerprint density at radius 2 is 1.67 bits per heavy atom. The maximum Gasteiger partial charge on any atom is 0.0489 e. The van der Waals surface area contributed by atoms with Gasteiger partial charge in [-0.05, 0) is 32.0 Å². The monoisotopic (exact) mass is 251 g/mol. The minimum atomic E-state index is 1.02. The van der Waals surface area contributed by atoms with Crippen molar-refractivity contribution in [3.63, 3.8) is 0 Å². The molecule has 1 rings (SSSR count). The Bertz CT molecular complexity index is 257. The molecule has 0 aliphatic rings. The highest BCUT2D eigenvalue weighted by molar-refractivity contribution is 4.77. The van der Waals surface area contributed by atoms with Gasteiger partial charge >= 0.3 is 0 Å². The molecule has 0 unspecified atom stereocenters. The van der Waals surface area contributed by atoms with Crippen LogP contribution in [0.4, 0.5) is 0 Å². The van der Waals surface area contributed by atoms with Crippen molar-refractivity contribution in [1.82, 2.24) is 15.1 Å². The summed E-state index contributed by atoms with van der Waals surface area (Å²) in [6.45, 7) is 5.58. The van der Waals surface area contributed by atoms with E-state index in [1.54, 1.807) is 0 Å². The van der Waals surface area contributed by atoms with Crippen molar-refractivity contribution in [3.05, 3.63) is 18.5 Å². The van der Waals surface area contributed by atoms with Crippen molar-refractivity contribution in [2.24, 2.45) is 0 Å². The molecule has 0 aromatic carbocycles. The van der Waals surface area contributed by atoms with Gasteiger partial charge in [0.15, 0.2) is 0 Å². The fraction of sp³-hybridized carbons (Fsp3) is 0.800. The van der Waals surface area contributed by atoms with Gasteiger partial charge in [0.25, 0.3) is 0 Å². The quantitative estimate of drug-likeness (QED) is 0.575. The first-order valence-electron chi connectivity index (χ1n) is 7.61. The van der Waals surface area contributed by atoms with E-state index in [-0.39, 0.29) is 0 Å². The summed E-state index contributed by atoms with van der Waals surface area (Å²) in [5, 5.41) is 7.70. The molecule has 0 saturated carbocycles. The molecular formula is C15H29N3. The first-order chi connectivity index (χ1) is 8.93. The van der Waals surface area contributed by atoms with Crippen molar-refractivity contribution in [2.75, 3.05) is 13.1 Å². The molecule has 1 aromatic rings. The second-order valence-electron chi connectivity index (χ2n) is 4.99. The molecule has 0 aliphatic heterocycles. The van der Waals surface area contributed by atoms with Crippen LogP contribution in [-0.4, -0.2) is 22.9 Å².